The maximum Gasteiger partial charge on any atom is 0.226 e. The Morgan fingerprint density at radius 2 is 2.00 bits per heavy atom. The van der Waals surface area contributed by atoms with Gasteiger partial charge in [-0.15, -0.1) is 24.8 Å². The first kappa shape index (κ1) is 22.2. The van der Waals surface area contributed by atoms with E-state index in [1.807, 2.05) is 30.5 Å². The molecule has 0 bridgehead atoms. The zero-order valence-electron chi connectivity index (χ0n) is 14.5. The second-order valence-electron chi connectivity index (χ2n) is 6.30. The number of likely N-dealkylation sites (tertiary alicyclic amines) is 1. The Morgan fingerprint density at radius 1 is 1.35 bits per heavy atom. The fourth-order valence-electron chi connectivity index (χ4n) is 3.33. The van der Waals surface area contributed by atoms with E-state index in [2.05, 4.69) is 12.0 Å². The van der Waals surface area contributed by atoms with E-state index in [1.165, 1.54) is 12.0 Å². The number of nitrogens with zero attached hydrogens (tertiary/aromatic N) is 3. The molecule has 23 heavy (non-hydrogen) atoms. The molecule has 0 aliphatic carbocycles. The topological polar surface area (TPSA) is 64.2 Å². The Balaban J connectivity index is 0.00000242. The summed E-state index contributed by atoms with van der Waals surface area (Å²) in [5.74, 6) is 0.228. The lowest BCUT2D eigenvalue weighted by Gasteiger charge is -2.36. The third kappa shape index (κ3) is 4.85. The molecule has 2 unspecified atom stereocenters. The fraction of sp³-hybridized carbons (Fsp3) is 0.750. The van der Waals surface area contributed by atoms with Crippen LogP contribution in [-0.2, 0) is 18.3 Å². The van der Waals surface area contributed by atoms with Crippen molar-refractivity contribution in [2.45, 2.75) is 52.5 Å². The zero-order valence-corrected chi connectivity index (χ0v) is 16.2. The molecule has 2 N–H and O–H groups in total. The van der Waals surface area contributed by atoms with Crippen molar-refractivity contribution in [1.82, 2.24) is 14.7 Å². The first-order valence-corrected chi connectivity index (χ1v) is 7.95. The van der Waals surface area contributed by atoms with Crippen molar-refractivity contribution < 1.29 is 4.79 Å². The van der Waals surface area contributed by atoms with Gasteiger partial charge in [0.25, 0.3) is 0 Å². The van der Waals surface area contributed by atoms with E-state index < -0.39 is 0 Å². The summed E-state index contributed by atoms with van der Waals surface area (Å²) in [6.45, 7) is 7.54. The lowest BCUT2D eigenvalue weighted by molar-refractivity contribution is -0.138. The van der Waals surface area contributed by atoms with Gasteiger partial charge in [-0.25, -0.2) is 0 Å². The minimum atomic E-state index is -0.0150. The van der Waals surface area contributed by atoms with Crippen molar-refractivity contribution in [3.63, 3.8) is 0 Å². The Bertz CT molecular complexity index is 518. The van der Waals surface area contributed by atoms with Gasteiger partial charge in [0.05, 0.1) is 5.69 Å². The highest BCUT2D eigenvalue weighted by Gasteiger charge is 2.29. The first-order chi connectivity index (χ1) is 9.95. The summed E-state index contributed by atoms with van der Waals surface area (Å²) in [6, 6.07) is 0.227. The van der Waals surface area contributed by atoms with Gasteiger partial charge in [0.15, 0.2) is 0 Å². The van der Waals surface area contributed by atoms with Crippen molar-refractivity contribution in [2.24, 2.45) is 18.7 Å². The van der Waals surface area contributed by atoms with Gasteiger partial charge < -0.3 is 10.6 Å². The average molecular weight is 365 g/mol. The normalized spacial score (nSPS) is 18.8. The molecule has 5 nitrogen and oxygen atoms in total. The largest absolute Gasteiger partial charge is 0.338 e. The molecule has 1 saturated heterocycles. The molecule has 2 atom stereocenters. The van der Waals surface area contributed by atoms with Gasteiger partial charge in [-0.1, -0.05) is 6.92 Å². The van der Waals surface area contributed by atoms with Gasteiger partial charge in [-0.2, -0.15) is 5.10 Å². The molecule has 0 spiro atoms. The van der Waals surface area contributed by atoms with Crippen LogP contribution in [0, 0.1) is 19.8 Å². The van der Waals surface area contributed by atoms with Crippen LogP contribution in [0.5, 0.6) is 0 Å². The Morgan fingerprint density at radius 3 is 2.52 bits per heavy atom. The quantitative estimate of drug-likeness (QED) is 0.891. The molecule has 1 amide bonds. The molecule has 1 aromatic heterocycles. The molecule has 1 aliphatic rings. The summed E-state index contributed by atoms with van der Waals surface area (Å²) >= 11 is 0. The molecule has 0 radical (unpaired) electrons. The number of carbonyl (C=O) groups is 1. The minimum absolute atomic E-state index is 0. The number of piperidine rings is 1. The van der Waals surface area contributed by atoms with Crippen LogP contribution in [0.15, 0.2) is 0 Å². The van der Waals surface area contributed by atoms with E-state index >= 15 is 0 Å². The van der Waals surface area contributed by atoms with E-state index in [4.69, 9.17) is 5.73 Å². The van der Waals surface area contributed by atoms with E-state index in [0.29, 0.717) is 6.54 Å². The lowest BCUT2D eigenvalue weighted by Crippen LogP contribution is -2.49. The molecular weight excluding hydrogens is 335 g/mol. The minimum Gasteiger partial charge on any atom is -0.338 e. The van der Waals surface area contributed by atoms with Crippen LogP contribution in [-0.4, -0.2) is 39.7 Å². The summed E-state index contributed by atoms with van der Waals surface area (Å²) in [5.41, 5.74) is 9.22. The average Bonchev–Trinajstić information content (AvgIpc) is 2.72. The third-order valence-corrected chi connectivity index (χ3v) is 4.77. The number of nitrogens with two attached hydrogens (primary N) is 1. The zero-order chi connectivity index (χ0) is 15.6. The number of amides is 1. The van der Waals surface area contributed by atoms with Crippen molar-refractivity contribution in [3.8, 4) is 0 Å². The van der Waals surface area contributed by atoms with Crippen molar-refractivity contribution in [2.75, 3.05) is 13.1 Å². The number of hydrogen-bond donors (Lipinski definition) is 1. The van der Waals surface area contributed by atoms with Gasteiger partial charge in [-0.05, 0) is 45.1 Å². The lowest BCUT2D eigenvalue weighted by atomic mass is 9.95. The van der Waals surface area contributed by atoms with Gasteiger partial charge in [0.1, 0.15) is 0 Å². The second kappa shape index (κ2) is 9.50. The molecule has 2 rings (SSSR count). The van der Waals surface area contributed by atoms with Gasteiger partial charge in [-0.3, -0.25) is 9.48 Å². The molecule has 1 aromatic rings. The molecule has 0 saturated carbocycles. The molecule has 7 heteroatoms. The number of hydrogen-bond acceptors (Lipinski definition) is 3. The SMILES string of the molecule is Cc1nn(C)c(C)c1CC(C)C(=O)N1CCCCC1CN.Cl.Cl. The summed E-state index contributed by atoms with van der Waals surface area (Å²) in [6.07, 6.45) is 4.08. The Hall–Kier alpha value is -0.780. The van der Waals surface area contributed by atoms with Crippen LogP contribution in [0.25, 0.3) is 0 Å². The molecule has 1 aliphatic heterocycles. The van der Waals surface area contributed by atoms with Crippen molar-refractivity contribution >= 4 is 30.7 Å². The molecule has 0 aromatic carbocycles. The standard InChI is InChI=1S/C16H28N4O.2ClH/c1-11(9-15-12(2)18-19(4)13(15)3)16(21)20-8-6-5-7-14(20)10-17;;/h11,14H,5-10,17H2,1-4H3;2*1H. The van der Waals surface area contributed by atoms with Gasteiger partial charge >= 0.3 is 0 Å². The monoisotopic (exact) mass is 364 g/mol. The first-order valence-electron chi connectivity index (χ1n) is 7.95. The predicted molar refractivity (Wildman–Crippen MR) is 98.5 cm³/mol. The van der Waals surface area contributed by atoms with Gasteiger partial charge in [0.2, 0.25) is 5.91 Å². The third-order valence-electron chi connectivity index (χ3n) is 4.77. The Labute approximate surface area is 151 Å². The fourth-order valence-corrected chi connectivity index (χ4v) is 3.33. The number of rotatable bonds is 4. The number of aromatic nitrogens is 2. The highest BCUT2D eigenvalue weighted by atomic mass is 35.5. The summed E-state index contributed by atoms with van der Waals surface area (Å²) < 4.78 is 1.89. The number of halogens is 2. The van der Waals surface area contributed by atoms with Crippen LogP contribution in [0.4, 0.5) is 0 Å². The predicted octanol–water partition coefficient (Wildman–Crippen LogP) is 2.40. The van der Waals surface area contributed by atoms with E-state index in [9.17, 15) is 4.79 Å². The maximum atomic E-state index is 12.7. The summed E-state index contributed by atoms with van der Waals surface area (Å²) in [5, 5.41) is 4.44. The van der Waals surface area contributed by atoms with Crippen LogP contribution in [0.2, 0.25) is 0 Å². The highest BCUT2D eigenvalue weighted by Crippen LogP contribution is 2.22. The highest BCUT2D eigenvalue weighted by molar-refractivity contribution is 5.85. The summed E-state index contributed by atoms with van der Waals surface area (Å²) in [4.78, 5) is 14.8. The number of aryl methyl sites for hydroxylation is 2. The summed E-state index contributed by atoms with van der Waals surface area (Å²) in [7, 11) is 1.95. The van der Waals surface area contributed by atoms with E-state index in [-0.39, 0.29) is 42.7 Å². The van der Waals surface area contributed by atoms with Gasteiger partial charge in [0, 0.05) is 37.8 Å². The maximum absolute atomic E-state index is 12.7. The van der Waals surface area contributed by atoms with Crippen LogP contribution < -0.4 is 5.73 Å². The van der Waals surface area contributed by atoms with Crippen LogP contribution in [0.3, 0.4) is 0 Å². The molecule has 2 heterocycles. The van der Waals surface area contributed by atoms with Crippen molar-refractivity contribution in [3.05, 3.63) is 17.0 Å². The Kier molecular flexibility index (Phi) is 9.18. The number of carbonyl (C=O) groups excluding carboxylic acids is 1. The van der Waals surface area contributed by atoms with Crippen LogP contribution >= 0.6 is 24.8 Å². The molecule has 1 fully saturated rings. The molecule has 134 valence electrons. The van der Waals surface area contributed by atoms with E-state index in [1.54, 1.807) is 0 Å². The molecular formula is C16H30Cl2N4O. The van der Waals surface area contributed by atoms with Crippen LogP contribution in [0.1, 0.15) is 43.1 Å². The second-order valence-corrected chi connectivity index (χ2v) is 6.30. The van der Waals surface area contributed by atoms with E-state index in [0.717, 1.165) is 37.2 Å². The van der Waals surface area contributed by atoms with Crippen molar-refractivity contribution in [1.29, 1.82) is 0 Å². The smallest absolute Gasteiger partial charge is 0.226 e.